The Morgan fingerprint density at radius 3 is 2.12 bits per heavy atom. The molecule has 3 atom stereocenters. The molecule has 0 aliphatic rings. The van der Waals surface area contributed by atoms with Crippen LogP contribution in [0.2, 0.25) is 0 Å². The molecule has 26 heavy (non-hydrogen) atoms. The second-order valence-corrected chi connectivity index (χ2v) is 6.72. The summed E-state index contributed by atoms with van der Waals surface area (Å²) in [6, 6.07) is -3.38. The summed E-state index contributed by atoms with van der Waals surface area (Å²) >= 11 is 1.45. The summed E-state index contributed by atoms with van der Waals surface area (Å²) in [5.41, 5.74) is 11.2. The largest absolute Gasteiger partial charge is 0.481 e. The number of carboxylic acid groups (broad SMARTS) is 2. The first-order valence-electron chi connectivity index (χ1n) is 8.22. The highest BCUT2D eigenvalue weighted by Gasteiger charge is 2.28. The molecule has 0 aliphatic heterocycles. The molecule has 0 radical (unpaired) electrons. The quantitative estimate of drug-likeness (QED) is 0.196. The lowest BCUT2D eigenvalue weighted by atomic mass is 10.1. The standard InChI is InChI=1S/C15H28N4O6S/c1-26-7-5-10(18-13(22)9(17)4-2-3-6-16)14(23)19-11(15(24)25)8-12(20)21/h9-11H,2-8,16-17H2,1H3,(H,18,22)(H,19,23)(H,20,21)(H,24,25)/t9-,10-,11-/m0/s1. The summed E-state index contributed by atoms with van der Waals surface area (Å²) in [4.78, 5) is 46.3. The third-order valence-corrected chi connectivity index (χ3v) is 4.19. The van der Waals surface area contributed by atoms with Gasteiger partial charge >= 0.3 is 11.9 Å². The Kier molecular flexibility index (Phi) is 12.4. The van der Waals surface area contributed by atoms with E-state index in [-0.39, 0.29) is 6.42 Å². The molecule has 0 aliphatic carbocycles. The lowest BCUT2D eigenvalue weighted by Gasteiger charge is -2.22. The van der Waals surface area contributed by atoms with E-state index in [0.29, 0.717) is 25.1 Å². The zero-order valence-corrected chi connectivity index (χ0v) is 15.6. The van der Waals surface area contributed by atoms with Crippen molar-refractivity contribution >= 4 is 35.5 Å². The van der Waals surface area contributed by atoms with Crippen molar-refractivity contribution in [3.05, 3.63) is 0 Å². The van der Waals surface area contributed by atoms with E-state index in [1.54, 1.807) is 0 Å². The predicted molar refractivity (Wildman–Crippen MR) is 97.6 cm³/mol. The molecule has 0 aromatic heterocycles. The van der Waals surface area contributed by atoms with Crippen LogP contribution in [0.25, 0.3) is 0 Å². The molecule has 0 rings (SSSR count). The molecule has 11 heteroatoms. The molecule has 0 spiro atoms. The Balaban J connectivity index is 4.88. The molecule has 150 valence electrons. The van der Waals surface area contributed by atoms with Crippen molar-refractivity contribution < 1.29 is 29.4 Å². The van der Waals surface area contributed by atoms with Gasteiger partial charge in [0.15, 0.2) is 0 Å². The van der Waals surface area contributed by atoms with Crippen LogP contribution in [0.5, 0.6) is 0 Å². The fourth-order valence-electron chi connectivity index (χ4n) is 2.07. The predicted octanol–water partition coefficient (Wildman–Crippen LogP) is -1.28. The highest BCUT2D eigenvalue weighted by atomic mass is 32.2. The van der Waals surface area contributed by atoms with Crippen LogP contribution in [0.4, 0.5) is 0 Å². The summed E-state index contributed by atoms with van der Waals surface area (Å²) in [6.07, 6.45) is 3.13. The minimum atomic E-state index is -1.58. The van der Waals surface area contributed by atoms with Crippen molar-refractivity contribution in [2.24, 2.45) is 11.5 Å². The molecule has 8 N–H and O–H groups in total. The van der Waals surface area contributed by atoms with Gasteiger partial charge in [-0.25, -0.2) is 4.79 Å². The highest BCUT2D eigenvalue weighted by molar-refractivity contribution is 7.98. The second-order valence-electron chi connectivity index (χ2n) is 5.73. The summed E-state index contributed by atoms with van der Waals surface area (Å²) in [5.74, 6) is -3.56. The molecule has 0 saturated heterocycles. The van der Waals surface area contributed by atoms with Gasteiger partial charge in [0, 0.05) is 0 Å². The minimum Gasteiger partial charge on any atom is -0.481 e. The van der Waals surface area contributed by atoms with Crippen molar-refractivity contribution in [3.63, 3.8) is 0 Å². The van der Waals surface area contributed by atoms with Gasteiger partial charge in [-0.15, -0.1) is 0 Å². The molecule has 10 nitrogen and oxygen atoms in total. The maximum Gasteiger partial charge on any atom is 0.326 e. The van der Waals surface area contributed by atoms with Crippen LogP contribution in [-0.2, 0) is 19.2 Å². The smallest absolute Gasteiger partial charge is 0.326 e. The average Bonchev–Trinajstić information content (AvgIpc) is 2.57. The molecule has 0 aromatic rings. The summed E-state index contributed by atoms with van der Waals surface area (Å²) in [6.45, 7) is 0.493. The van der Waals surface area contributed by atoms with Crippen LogP contribution >= 0.6 is 11.8 Å². The van der Waals surface area contributed by atoms with E-state index in [2.05, 4.69) is 10.6 Å². The summed E-state index contributed by atoms with van der Waals surface area (Å²) in [7, 11) is 0. The van der Waals surface area contributed by atoms with Gasteiger partial charge in [0.1, 0.15) is 12.1 Å². The number of nitrogens with one attached hydrogen (secondary N) is 2. The highest BCUT2D eigenvalue weighted by Crippen LogP contribution is 2.05. The topological polar surface area (TPSA) is 185 Å². The monoisotopic (exact) mass is 392 g/mol. The number of carbonyl (C=O) groups is 4. The van der Waals surface area contributed by atoms with E-state index in [1.807, 2.05) is 6.26 Å². The first-order valence-corrected chi connectivity index (χ1v) is 9.62. The molecular weight excluding hydrogens is 364 g/mol. The lowest BCUT2D eigenvalue weighted by molar-refractivity contribution is -0.147. The molecule has 0 heterocycles. The number of carboxylic acids is 2. The maximum atomic E-state index is 12.3. The zero-order valence-electron chi connectivity index (χ0n) is 14.8. The van der Waals surface area contributed by atoms with Gasteiger partial charge in [0.2, 0.25) is 11.8 Å². The fraction of sp³-hybridized carbons (Fsp3) is 0.733. The van der Waals surface area contributed by atoms with Crippen LogP contribution in [0.1, 0.15) is 32.1 Å². The Morgan fingerprint density at radius 1 is 1.00 bits per heavy atom. The zero-order chi connectivity index (χ0) is 20.1. The van der Waals surface area contributed by atoms with Gasteiger partial charge in [-0.3, -0.25) is 14.4 Å². The minimum absolute atomic E-state index is 0.258. The number of unbranched alkanes of at least 4 members (excludes halogenated alkanes) is 1. The molecule has 0 bridgehead atoms. The van der Waals surface area contributed by atoms with Gasteiger partial charge in [-0.2, -0.15) is 11.8 Å². The lowest BCUT2D eigenvalue weighted by Crippen LogP contribution is -2.54. The Morgan fingerprint density at radius 2 is 1.62 bits per heavy atom. The van der Waals surface area contributed by atoms with E-state index < -0.39 is 48.3 Å². The number of rotatable bonds is 14. The Hall–Kier alpha value is -1.85. The van der Waals surface area contributed by atoms with Crippen molar-refractivity contribution in [2.75, 3.05) is 18.6 Å². The summed E-state index contributed by atoms with van der Waals surface area (Å²) in [5, 5.41) is 22.4. The average molecular weight is 392 g/mol. The summed E-state index contributed by atoms with van der Waals surface area (Å²) < 4.78 is 0. The number of aliphatic carboxylic acids is 2. The van der Waals surface area contributed by atoms with E-state index in [1.165, 1.54) is 11.8 Å². The van der Waals surface area contributed by atoms with Crippen molar-refractivity contribution in [1.82, 2.24) is 10.6 Å². The van der Waals surface area contributed by atoms with Crippen LogP contribution in [0, 0.1) is 0 Å². The van der Waals surface area contributed by atoms with E-state index in [4.69, 9.17) is 21.7 Å². The number of carbonyl (C=O) groups excluding carboxylic acids is 2. The van der Waals surface area contributed by atoms with Crippen molar-refractivity contribution in [2.45, 2.75) is 50.2 Å². The molecule has 0 unspecified atom stereocenters. The fourth-order valence-corrected chi connectivity index (χ4v) is 2.54. The second kappa shape index (κ2) is 13.4. The molecule has 2 amide bonds. The van der Waals surface area contributed by atoms with Crippen LogP contribution in [-0.4, -0.2) is 70.6 Å². The van der Waals surface area contributed by atoms with Gasteiger partial charge in [0.05, 0.1) is 12.5 Å². The Bertz CT molecular complexity index is 491. The number of amides is 2. The first-order chi connectivity index (χ1) is 12.2. The van der Waals surface area contributed by atoms with Gasteiger partial charge in [0.25, 0.3) is 0 Å². The SMILES string of the molecule is CSCC[C@H](NC(=O)[C@@H](N)CCCCN)C(=O)N[C@@H](CC(=O)O)C(=O)O. The number of thioether (sulfide) groups is 1. The van der Waals surface area contributed by atoms with Crippen LogP contribution in [0.15, 0.2) is 0 Å². The van der Waals surface area contributed by atoms with Crippen molar-refractivity contribution in [1.29, 1.82) is 0 Å². The molecule has 0 fully saturated rings. The van der Waals surface area contributed by atoms with E-state index in [9.17, 15) is 19.2 Å². The van der Waals surface area contributed by atoms with Crippen molar-refractivity contribution in [3.8, 4) is 0 Å². The van der Waals surface area contributed by atoms with Crippen LogP contribution < -0.4 is 22.1 Å². The first kappa shape index (κ1) is 24.1. The van der Waals surface area contributed by atoms with Crippen LogP contribution in [0.3, 0.4) is 0 Å². The molecule has 0 saturated carbocycles. The van der Waals surface area contributed by atoms with E-state index >= 15 is 0 Å². The third kappa shape index (κ3) is 10.2. The third-order valence-electron chi connectivity index (χ3n) is 3.54. The van der Waals surface area contributed by atoms with Gasteiger partial charge in [-0.05, 0) is 37.8 Å². The molecule has 0 aromatic carbocycles. The maximum absolute atomic E-state index is 12.3. The van der Waals surface area contributed by atoms with Gasteiger partial charge < -0.3 is 32.3 Å². The van der Waals surface area contributed by atoms with E-state index in [0.717, 1.165) is 6.42 Å². The molecular formula is C15H28N4O6S. The normalized spacial score (nSPS) is 14.1. The number of nitrogens with two attached hydrogens (primary N) is 2. The number of hydrogen-bond donors (Lipinski definition) is 6. The van der Waals surface area contributed by atoms with Gasteiger partial charge in [-0.1, -0.05) is 6.42 Å². The Labute approximate surface area is 156 Å². The number of hydrogen-bond acceptors (Lipinski definition) is 7.